The molecule has 0 radical (unpaired) electrons. The average molecular weight is 378 g/mol. The van der Waals surface area contributed by atoms with Crippen LogP contribution < -0.4 is 0 Å². The summed E-state index contributed by atoms with van der Waals surface area (Å²) in [5.41, 5.74) is 4.13. The van der Waals surface area contributed by atoms with Gasteiger partial charge in [0.2, 0.25) is 17.6 Å². The van der Waals surface area contributed by atoms with Crippen LogP contribution in [0.5, 0.6) is 0 Å². The Morgan fingerprint density at radius 3 is 2.61 bits per heavy atom. The van der Waals surface area contributed by atoms with E-state index in [1.807, 2.05) is 73.8 Å². The molecule has 0 aliphatic heterocycles. The van der Waals surface area contributed by atoms with E-state index >= 15 is 0 Å². The van der Waals surface area contributed by atoms with E-state index in [2.05, 4.69) is 20.3 Å². The zero-order valence-electron chi connectivity index (χ0n) is 16.4. The van der Waals surface area contributed by atoms with Crippen LogP contribution in [0, 0.1) is 13.8 Å². The fourth-order valence-corrected chi connectivity index (χ4v) is 2.99. The van der Waals surface area contributed by atoms with Crippen molar-refractivity contribution in [3.8, 4) is 23.0 Å². The summed E-state index contributed by atoms with van der Waals surface area (Å²) in [4.78, 5) is 6.47. The lowest BCUT2D eigenvalue weighted by Crippen LogP contribution is -2.17. The second kappa shape index (κ2) is 7.40. The van der Waals surface area contributed by atoms with Gasteiger partial charge in [0.25, 0.3) is 5.89 Å². The molecule has 4 rings (SSSR count). The third kappa shape index (κ3) is 3.72. The Labute approximate surface area is 162 Å². The Balaban J connectivity index is 1.41. The number of nitrogens with zero attached hydrogens (tertiary/aromatic N) is 6. The van der Waals surface area contributed by atoms with Crippen LogP contribution in [-0.2, 0) is 20.1 Å². The topological polar surface area (TPSA) is 86.0 Å². The van der Waals surface area contributed by atoms with Crippen molar-refractivity contribution in [2.75, 3.05) is 7.05 Å². The van der Waals surface area contributed by atoms with E-state index in [4.69, 9.17) is 8.94 Å². The summed E-state index contributed by atoms with van der Waals surface area (Å²) < 4.78 is 13.2. The van der Waals surface area contributed by atoms with Crippen molar-refractivity contribution in [1.29, 1.82) is 0 Å². The first-order valence-electron chi connectivity index (χ1n) is 9.03. The van der Waals surface area contributed by atoms with Gasteiger partial charge in [0.05, 0.1) is 13.1 Å². The van der Waals surface area contributed by atoms with Gasteiger partial charge in [-0.15, -0.1) is 10.2 Å². The maximum absolute atomic E-state index is 5.81. The molecule has 0 aliphatic rings. The molecule has 0 N–H and O–H groups in total. The molecule has 0 aliphatic carbocycles. The van der Waals surface area contributed by atoms with Crippen LogP contribution in [0.1, 0.15) is 23.0 Å². The highest BCUT2D eigenvalue weighted by Gasteiger charge is 2.16. The van der Waals surface area contributed by atoms with Gasteiger partial charge in [0.1, 0.15) is 5.69 Å². The molecule has 0 saturated heterocycles. The van der Waals surface area contributed by atoms with Gasteiger partial charge in [-0.1, -0.05) is 28.9 Å². The van der Waals surface area contributed by atoms with E-state index in [0.717, 1.165) is 22.5 Å². The van der Waals surface area contributed by atoms with E-state index < -0.39 is 0 Å². The number of hydrogen-bond acceptors (Lipinski definition) is 7. The summed E-state index contributed by atoms with van der Waals surface area (Å²) in [6.07, 6.45) is 0. The quantitative estimate of drug-likeness (QED) is 0.508. The van der Waals surface area contributed by atoms with Gasteiger partial charge >= 0.3 is 0 Å². The Morgan fingerprint density at radius 2 is 1.86 bits per heavy atom. The van der Waals surface area contributed by atoms with Crippen LogP contribution in [0.3, 0.4) is 0 Å². The predicted octanol–water partition coefficient (Wildman–Crippen LogP) is 3.37. The molecule has 0 amide bonds. The number of aryl methyl sites for hydroxylation is 2. The standard InChI is InChI=1S/C20H22N6O2/c1-13-6-5-7-15(10-13)19-21-17(28-24-19)11-25(3)12-18-22-23-20(27-18)16-9-8-14(2)26(16)4/h5-10H,11-12H2,1-4H3. The van der Waals surface area contributed by atoms with Crippen molar-refractivity contribution < 1.29 is 8.94 Å². The van der Waals surface area contributed by atoms with Crippen molar-refractivity contribution in [1.82, 2.24) is 29.8 Å². The second-order valence-electron chi connectivity index (χ2n) is 6.97. The summed E-state index contributed by atoms with van der Waals surface area (Å²) in [6.45, 7) is 5.04. The molecular formula is C20H22N6O2. The van der Waals surface area contributed by atoms with E-state index in [1.165, 1.54) is 0 Å². The molecule has 0 saturated carbocycles. The highest BCUT2D eigenvalue weighted by molar-refractivity contribution is 5.55. The Morgan fingerprint density at radius 1 is 1.04 bits per heavy atom. The number of hydrogen-bond donors (Lipinski definition) is 0. The minimum absolute atomic E-state index is 0.485. The largest absolute Gasteiger partial charge is 0.418 e. The predicted molar refractivity (Wildman–Crippen MR) is 103 cm³/mol. The zero-order valence-corrected chi connectivity index (χ0v) is 16.4. The van der Waals surface area contributed by atoms with Gasteiger partial charge in [0.15, 0.2) is 0 Å². The van der Waals surface area contributed by atoms with Crippen molar-refractivity contribution in [2.45, 2.75) is 26.9 Å². The van der Waals surface area contributed by atoms with Gasteiger partial charge in [-0.25, -0.2) is 0 Å². The SMILES string of the molecule is Cc1cccc(-c2noc(CN(C)Cc3nnc(-c4ccc(C)n4C)o3)n2)c1. The number of rotatable bonds is 6. The summed E-state index contributed by atoms with van der Waals surface area (Å²) >= 11 is 0. The van der Waals surface area contributed by atoms with E-state index in [0.29, 0.717) is 36.6 Å². The first-order chi connectivity index (χ1) is 13.5. The summed E-state index contributed by atoms with van der Waals surface area (Å²) in [7, 11) is 3.91. The average Bonchev–Trinajstić information content (AvgIpc) is 3.38. The minimum atomic E-state index is 0.485. The normalized spacial score (nSPS) is 11.5. The molecule has 0 spiro atoms. The van der Waals surface area contributed by atoms with Crippen molar-refractivity contribution >= 4 is 0 Å². The van der Waals surface area contributed by atoms with E-state index in [1.54, 1.807) is 0 Å². The number of benzene rings is 1. The lowest BCUT2D eigenvalue weighted by molar-refractivity contribution is 0.241. The highest BCUT2D eigenvalue weighted by atomic mass is 16.5. The van der Waals surface area contributed by atoms with Crippen molar-refractivity contribution in [3.05, 3.63) is 59.4 Å². The van der Waals surface area contributed by atoms with Gasteiger partial charge in [0, 0.05) is 18.3 Å². The first kappa shape index (κ1) is 18.1. The van der Waals surface area contributed by atoms with Gasteiger partial charge in [-0.05, 0) is 39.1 Å². The zero-order chi connectivity index (χ0) is 19.7. The van der Waals surface area contributed by atoms with Crippen LogP contribution in [0.4, 0.5) is 0 Å². The fraction of sp³-hybridized carbons (Fsp3) is 0.300. The van der Waals surface area contributed by atoms with Crippen LogP contribution in [0.25, 0.3) is 23.0 Å². The number of aromatic nitrogens is 5. The molecule has 4 aromatic rings. The van der Waals surface area contributed by atoms with Gasteiger partial charge in [-0.2, -0.15) is 4.98 Å². The van der Waals surface area contributed by atoms with Gasteiger partial charge < -0.3 is 13.5 Å². The van der Waals surface area contributed by atoms with Crippen LogP contribution >= 0.6 is 0 Å². The smallest absolute Gasteiger partial charge is 0.264 e. The molecule has 0 bridgehead atoms. The Bertz CT molecular complexity index is 1090. The molecular weight excluding hydrogens is 356 g/mol. The van der Waals surface area contributed by atoms with Crippen molar-refractivity contribution in [3.63, 3.8) is 0 Å². The summed E-state index contributed by atoms with van der Waals surface area (Å²) in [6, 6.07) is 12.0. The molecule has 28 heavy (non-hydrogen) atoms. The molecule has 8 nitrogen and oxygen atoms in total. The third-order valence-electron chi connectivity index (χ3n) is 4.61. The molecule has 0 fully saturated rings. The van der Waals surface area contributed by atoms with Crippen LogP contribution in [0.15, 0.2) is 45.3 Å². The maximum atomic E-state index is 5.81. The Hall–Kier alpha value is -3.26. The fourth-order valence-electron chi connectivity index (χ4n) is 2.99. The Kier molecular flexibility index (Phi) is 4.79. The molecule has 0 unspecified atom stereocenters. The molecule has 1 aromatic carbocycles. The molecule has 3 heterocycles. The summed E-state index contributed by atoms with van der Waals surface area (Å²) in [5.74, 6) is 2.18. The van der Waals surface area contributed by atoms with Gasteiger partial charge in [-0.3, -0.25) is 4.90 Å². The molecule has 3 aromatic heterocycles. The van der Waals surface area contributed by atoms with Crippen LogP contribution in [0.2, 0.25) is 0 Å². The first-order valence-corrected chi connectivity index (χ1v) is 9.03. The van der Waals surface area contributed by atoms with Crippen molar-refractivity contribution in [2.24, 2.45) is 7.05 Å². The monoisotopic (exact) mass is 378 g/mol. The lowest BCUT2D eigenvalue weighted by Gasteiger charge is -2.10. The third-order valence-corrected chi connectivity index (χ3v) is 4.61. The molecule has 0 atom stereocenters. The van der Waals surface area contributed by atoms with Crippen LogP contribution in [-0.4, -0.2) is 36.9 Å². The highest BCUT2D eigenvalue weighted by Crippen LogP contribution is 2.21. The summed E-state index contributed by atoms with van der Waals surface area (Å²) in [5, 5.41) is 12.4. The maximum Gasteiger partial charge on any atom is 0.264 e. The minimum Gasteiger partial charge on any atom is -0.418 e. The molecule has 8 heteroatoms. The second-order valence-corrected chi connectivity index (χ2v) is 6.97. The lowest BCUT2D eigenvalue weighted by atomic mass is 10.1. The van der Waals surface area contributed by atoms with E-state index in [-0.39, 0.29) is 0 Å². The van der Waals surface area contributed by atoms with E-state index in [9.17, 15) is 0 Å². The molecule has 144 valence electrons.